The summed E-state index contributed by atoms with van der Waals surface area (Å²) in [5, 5.41) is 1.92. The Morgan fingerprint density at radius 3 is 2.81 bits per heavy atom. The highest BCUT2D eigenvalue weighted by atomic mass is 32.1. The van der Waals surface area contributed by atoms with Crippen LogP contribution in [-0.4, -0.2) is 44.8 Å². The average molecular weight is 454 g/mol. The summed E-state index contributed by atoms with van der Waals surface area (Å²) in [6, 6.07) is 15.7. The second-order valence-corrected chi connectivity index (χ2v) is 8.40. The summed E-state index contributed by atoms with van der Waals surface area (Å²) in [5.74, 6) is 2.34. The largest absolute Gasteiger partial charge is 0.493 e. The molecular weight excluding hydrogens is 426 g/mol. The minimum Gasteiger partial charge on any atom is -0.493 e. The molecule has 0 unspecified atom stereocenters. The molecule has 1 aliphatic rings. The number of thiophene rings is 1. The number of benzene rings is 2. The molecule has 0 N–H and O–H groups in total. The molecule has 0 atom stereocenters. The summed E-state index contributed by atoms with van der Waals surface area (Å²) >= 11 is 1.46. The van der Waals surface area contributed by atoms with Crippen molar-refractivity contribution in [2.45, 2.75) is 19.6 Å². The molecular formula is C25H27NO5S. The Hall–Kier alpha value is -3.03. The standard InChI is InChI=1S/C25H27NO5S/c1-28-22-6-3-5-19(24(22)29-2)10-12-30-17-18-8-9-21-20(15-18)16-26(11-13-31-21)25(27)23-7-4-14-32-23/h3-9,14-15H,10-13,16-17H2,1-2H3. The summed E-state index contributed by atoms with van der Waals surface area (Å²) < 4.78 is 22.7. The Morgan fingerprint density at radius 1 is 1.12 bits per heavy atom. The van der Waals surface area contributed by atoms with Crippen LogP contribution in [0.4, 0.5) is 0 Å². The molecule has 2 aromatic carbocycles. The molecule has 2 heterocycles. The smallest absolute Gasteiger partial charge is 0.264 e. The van der Waals surface area contributed by atoms with Crippen molar-refractivity contribution in [1.29, 1.82) is 0 Å². The first-order chi connectivity index (χ1) is 15.7. The van der Waals surface area contributed by atoms with Gasteiger partial charge in [0, 0.05) is 17.7 Å². The molecule has 0 bridgehead atoms. The normalized spacial score (nSPS) is 13.1. The van der Waals surface area contributed by atoms with E-state index in [0.29, 0.717) is 32.9 Å². The number of fused-ring (bicyclic) bond motifs is 1. The fourth-order valence-electron chi connectivity index (χ4n) is 3.79. The van der Waals surface area contributed by atoms with Crippen molar-refractivity contribution in [3.63, 3.8) is 0 Å². The van der Waals surface area contributed by atoms with Crippen LogP contribution >= 0.6 is 11.3 Å². The summed E-state index contributed by atoms with van der Waals surface area (Å²) in [6.07, 6.45) is 0.720. The molecule has 0 fully saturated rings. The zero-order valence-electron chi connectivity index (χ0n) is 18.3. The number of nitrogens with zero attached hydrogens (tertiary/aromatic N) is 1. The van der Waals surface area contributed by atoms with Gasteiger partial charge in [-0.05, 0) is 41.6 Å². The average Bonchev–Trinajstić information content (AvgIpc) is 3.28. The third-order valence-corrected chi connectivity index (χ3v) is 6.25. The van der Waals surface area contributed by atoms with E-state index in [1.807, 2.05) is 52.7 Å². The summed E-state index contributed by atoms with van der Waals surface area (Å²) in [7, 11) is 3.28. The molecule has 0 radical (unpaired) electrons. The molecule has 0 saturated carbocycles. The first-order valence-electron chi connectivity index (χ1n) is 10.5. The van der Waals surface area contributed by atoms with Crippen LogP contribution in [0.25, 0.3) is 0 Å². The number of hydrogen-bond donors (Lipinski definition) is 0. The molecule has 0 saturated heterocycles. The van der Waals surface area contributed by atoms with E-state index < -0.39 is 0 Å². The van der Waals surface area contributed by atoms with E-state index in [2.05, 4.69) is 6.07 Å². The molecule has 6 nitrogen and oxygen atoms in total. The van der Waals surface area contributed by atoms with Gasteiger partial charge < -0.3 is 23.8 Å². The second-order valence-electron chi connectivity index (χ2n) is 7.45. The number of para-hydroxylation sites is 1. The highest BCUT2D eigenvalue weighted by molar-refractivity contribution is 7.12. The Morgan fingerprint density at radius 2 is 2.03 bits per heavy atom. The third-order valence-electron chi connectivity index (χ3n) is 5.39. The van der Waals surface area contributed by atoms with Gasteiger partial charge in [-0.1, -0.05) is 24.3 Å². The van der Waals surface area contributed by atoms with Gasteiger partial charge in [0.25, 0.3) is 5.91 Å². The monoisotopic (exact) mass is 453 g/mol. The molecule has 4 rings (SSSR count). The lowest BCUT2D eigenvalue weighted by atomic mass is 10.1. The van der Waals surface area contributed by atoms with Crippen molar-refractivity contribution in [1.82, 2.24) is 4.90 Å². The number of methoxy groups -OCH3 is 2. The van der Waals surface area contributed by atoms with E-state index in [1.165, 1.54) is 11.3 Å². The first-order valence-corrected chi connectivity index (χ1v) is 11.4. The SMILES string of the molecule is COc1cccc(CCOCc2ccc3c(c2)CN(C(=O)c2cccs2)CCO3)c1OC. The van der Waals surface area contributed by atoms with Crippen molar-refractivity contribution in [2.24, 2.45) is 0 Å². The first kappa shape index (κ1) is 22.2. The minimum absolute atomic E-state index is 0.0466. The quantitative estimate of drug-likeness (QED) is 0.468. The van der Waals surface area contributed by atoms with E-state index in [1.54, 1.807) is 14.2 Å². The maximum absolute atomic E-state index is 12.8. The van der Waals surface area contributed by atoms with Crippen molar-refractivity contribution >= 4 is 17.2 Å². The fourth-order valence-corrected chi connectivity index (χ4v) is 4.48. The summed E-state index contributed by atoms with van der Waals surface area (Å²) in [6.45, 7) is 2.63. The third kappa shape index (κ3) is 5.06. The highest BCUT2D eigenvalue weighted by Crippen LogP contribution is 2.31. The number of carbonyl (C=O) groups is 1. The molecule has 1 aromatic heterocycles. The number of carbonyl (C=O) groups excluding carboxylic acids is 1. The predicted octanol–water partition coefficient (Wildman–Crippen LogP) is 4.56. The lowest BCUT2D eigenvalue weighted by Crippen LogP contribution is -2.31. The van der Waals surface area contributed by atoms with Crippen LogP contribution < -0.4 is 14.2 Å². The van der Waals surface area contributed by atoms with Crippen LogP contribution in [0.5, 0.6) is 17.2 Å². The van der Waals surface area contributed by atoms with E-state index in [-0.39, 0.29) is 5.91 Å². The molecule has 0 spiro atoms. The Balaban J connectivity index is 1.37. The summed E-state index contributed by atoms with van der Waals surface area (Å²) in [4.78, 5) is 15.4. The van der Waals surface area contributed by atoms with Gasteiger partial charge in [-0.3, -0.25) is 4.79 Å². The number of rotatable bonds is 8. The Bertz CT molecular complexity index is 1050. The number of amides is 1. The van der Waals surface area contributed by atoms with Crippen LogP contribution in [-0.2, 0) is 24.3 Å². The van der Waals surface area contributed by atoms with Crippen molar-refractivity contribution in [2.75, 3.05) is 34.0 Å². The molecule has 1 amide bonds. The summed E-state index contributed by atoms with van der Waals surface area (Å²) in [5.41, 5.74) is 3.10. The Kier molecular flexibility index (Phi) is 7.29. The van der Waals surface area contributed by atoms with Gasteiger partial charge in [0.2, 0.25) is 0 Å². The lowest BCUT2D eigenvalue weighted by Gasteiger charge is -2.19. The molecule has 7 heteroatoms. The topological polar surface area (TPSA) is 57.2 Å². The van der Waals surface area contributed by atoms with Crippen LogP contribution in [0, 0.1) is 0 Å². The zero-order valence-corrected chi connectivity index (χ0v) is 19.2. The minimum atomic E-state index is 0.0466. The van der Waals surface area contributed by atoms with Gasteiger partial charge in [0.1, 0.15) is 12.4 Å². The fraction of sp³-hybridized carbons (Fsp3) is 0.320. The van der Waals surface area contributed by atoms with Crippen molar-refractivity contribution in [3.8, 4) is 17.2 Å². The van der Waals surface area contributed by atoms with Gasteiger partial charge in [0.05, 0.1) is 38.9 Å². The number of ether oxygens (including phenoxy) is 4. The van der Waals surface area contributed by atoms with Crippen LogP contribution in [0.2, 0.25) is 0 Å². The van der Waals surface area contributed by atoms with Crippen molar-refractivity contribution in [3.05, 3.63) is 75.5 Å². The molecule has 168 valence electrons. The maximum Gasteiger partial charge on any atom is 0.264 e. The van der Waals surface area contributed by atoms with Gasteiger partial charge in [0.15, 0.2) is 11.5 Å². The molecule has 1 aliphatic heterocycles. The van der Waals surface area contributed by atoms with Crippen molar-refractivity contribution < 1.29 is 23.7 Å². The van der Waals surface area contributed by atoms with Gasteiger partial charge >= 0.3 is 0 Å². The zero-order chi connectivity index (χ0) is 22.3. The van der Waals surface area contributed by atoms with Crippen LogP contribution in [0.3, 0.4) is 0 Å². The lowest BCUT2D eigenvalue weighted by molar-refractivity contribution is 0.0738. The van der Waals surface area contributed by atoms with Gasteiger partial charge in [-0.2, -0.15) is 0 Å². The molecule has 32 heavy (non-hydrogen) atoms. The number of hydrogen-bond acceptors (Lipinski definition) is 6. The highest BCUT2D eigenvalue weighted by Gasteiger charge is 2.22. The Labute approximate surface area is 192 Å². The van der Waals surface area contributed by atoms with Gasteiger partial charge in [-0.25, -0.2) is 0 Å². The van der Waals surface area contributed by atoms with E-state index >= 15 is 0 Å². The van der Waals surface area contributed by atoms with E-state index in [0.717, 1.165) is 45.2 Å². The predicted molar refractivity (Wildman–Crippen MR) is 124 cm³/mol. The second kappa shape index (κ2) is 10.5. The molecule has 0 aliphatic carbocycles. The maximum atomic E-state index is 12.8. The van der Waals surface area contributed by atoms with E-state index in [9.17, 15) is 4.79 Å². The molecule has 3 aromatic rings. The van der Waals surface area contributed by atoms with E-state index in [4.69, 9.17) is 18.9 Å². The van der Waals surface area contributed by atoms with Gasteiger partial charge in [-0.15, -0.1) is 11.3 Å². The van der Waals surface area contributed by atoms with Crippen LogP contribution in [0.15, 0.2) is 53.9 Å². The van der Waals surface area contributed by atoms with Crippen LogP contribution in [0.1, 0.15) is 26.4 Å².